The van der Waals surface area contributed by atoms with E-state index in [0.717, 1.165) is 0 Å². The number of aliphatic hydroxyl groups excluding tert-OH is 2. The van der Waals surface area contributed by atoms with Gasteiger partial charge in [0.05, 0.1) is 43.9 Å². The number of hydrogen-bond acceptors (Lipinski definition) is 10. The molecule has 7 rings (SSSR count). The molecule has 0 bridgehead atoms. The molecule has 0 atom stereocenters. The van der Waals surface area contributed by atoms with Crippen molar-refractivity contribution in [2.24, 2.45) is 0 Å². The summed E-state index contributed by atoms with van der Waals surface area (Å²) in [6, 6.07) is 1.29. The zero-order valence-corrected chi connectivity index (χ0v) is 24.2. The molecule has 5 aromatic carbocycles. The third-order valence-corrected chi connectivity index (χ3v) is 9.87. The molecule has 0 unspecified atom stereocenters. The van der Waals surface area contributed by atoms with Crippen LogP contribution in [0.1, 0.15) is 36.1 Å². The van der Waals surface area contributed by atoms with E-state index in [0.29, 0.717) is 94.0 Å². The Morgan fingerprint density at radius 3 is 2.31 bits per heavy atom. The summed E-state index contributed by atoms with van der Waals surface area (Å²) >= 11 is 1.51. The summed E-state index contributed by atoms with van der Waals surface area (Å²) in [5.41, 5.74) is 2.31. The van der Waals surface area contributed by atoms with Gasteiger partial charge < -0.3 is 30.1 Å². The van der Waals surface area contributed by atoms with Gasteiger partial charge in [0.1, 0.15) is 0 Å². The van der Waals surface area contributed by atoms with E-state index in [2.05, 4.69) is 5.32 Å². The number of aromatic hydroxyl groups is 1. The van der Waals surface area contributed by atoms with Gasteiger partial charge in [0.25, 0.3) is 0 Å². The summed E-state index contributed by atoms with van der Waals surface area (Å²) in [7, 11) is 2.80. The van der Waals surface area contributed by atoms with Gasteiger partial charge in [-0.2, -0.15) is 0 Å². The molecule has 1 aliphatic heterocycles. The lowest BCUT2D eigenvalue weighted by atomic mass is 9.80. The van der Waals surface area contributed by atoms with E-state index < -0.39 is 17.5 Å². The molecule has 1 heterocycles. The van der Waals surface area contributed by atoms with E-state index in [1.54, 1.807) is 6.92 Å². The third kappa shape index (κ3) is 3.09. The highest BCUT2D eigenvalue weighted by molar-refractivity contribution is 7.99. The molecule has 1 aliphatic carbocycles. The first-order valence-electron chi connectivity index (χ1n) is 13.5. The summed E-state index contributed by atoms with van der Waals surface area (Å²) in [5.74, 6) is 0.181. The minimum Gasteiger partial charge on any atom is -0.504 e. The van der Waals surface area contributed by atoms with Gasteiger partial charge in [-0.15, -0.1) is 11.8 Å². The molecule has 42 heavy (non-hydrogen) atoms. The van der Waals surface area contributed by atoms with Crippen LogP contribution in [0.25, 0.3) is 48.7 Å². The molecule has 0 aromatic heterocycles. The van der Waals surface area contributed by atoms with Gasteiger partial charge in [0.15, 0.2) is 28.5 Å². The highest BCUT2D eigenvalue weighted by atomic mass is 32.2. The smallest absolute Gasteiger partial charge is 0.230 e. The fraction of sp³-hybridized carbons (Fsp3) is 0.281. The number of ketones is 1. The summed E-state index contributed by atoms with van der Waals surface area (Å²) in [5, 5.41) is 39.6. The summed E-state index contributed by atoms with van der Waals surface area (Å²) in [6.45, 7) is 2.93. The second kappa shape index (κ2) is 9.19. The SMILES string of the molecule is COc1c(O)c2c(=O)cc(CO)c3c4c(CO)c5c(c6c(=O)c(OC)c7c(c(c1CC(C)=C7C(C)=O)c23)c64)NCCS5. The predicted octanol–water partition coefficient (Wildman–Crippen LogP) is 4.04. The average Bonchev–Trinajstić information content (AvgIpc) is 3.10. The van der Waals surface area contributed by atoms with E-state index in [9.17, 15) is 29.7 Å². The number of fused-ring (bicyclic) bond motifs is 3. The van der Waals surface area contributed by atoms with Crippen LogP contribution in [0.5, 0.6) is 17.2 Å². The van der Waals surface area contributed by atoms with Crippen molar-refractivity contribution in [1.82, 2.24) is 0 Å². The second-order valence-corrected chi connectivity index (χ2v) is 11.9. The Hall–Kier alpha value is -4.12. The maximum Gasteiger partial charge on any atom is 0.230 e. The number of Topliss-reactive ketones (excluding diaryl/α,β-unsaturated/α-hetero) is 1. The van der Waals surface area contributed by atoms with Gasteiger partial charge in [-0.25, -0.2) is 0 Å². The molecule has 10 heteroatoms. The summed E-state index contributed by atoms with van der Waals surface area (Å²) < 4.78 is 11.5. The Labute approximate surface area is 243 Å². The molecular formula is C32H27NO8S. The Bertz CT molecular complexity index is 2200. The molecule has 0 amide bonds. The quantitative estimate of drug-likeness (QED) is 0.176. The third-order valence-electron chi connectivity index (χ3n) is 8.72. The normalized spacial score (nSPS) is 14.7. The molecule has 0 saturated heterocycles. The van der Waals surface area contributed by atoms with Gasteiger partial charge in [0.2, 0.25) is 5.43 Å². The average molecular weight is 586 g/mol. The van der Waals surface area contributed by atoms with Crippen molar-refractivity contribution in [1.29, 1.82) is 0 Å². The van der Waals surface area contributed by atoms with Crippen LogP contribution in [0.15, 0.2) is 26.1 Å². The number of hydrogen-bond donors (Lipinski definition) is 4. The van der Waals surface area contributed by atoms with Crippen molar-refractivity contribution in [3.05, 3.63) is 54.3 Å². The number of rotatable bonds is 5. The van der Waals surface area contributed by atoms with Crippen molar-refractivity contribution >= 4 is 71.9 Å². The Kier molecular flexibility index (Phi) is 5.85. The van der Waals surface area contributed by atoms with Crippen LogP contribution in [-0.4, -0.2) is 47.6 Å². The first-order valence-corrected chi connectivity index (χ1v) is 14.5. The maximum absolute atomic E-state index is 14.5. The van der Waals surface area contributed by atoms with Crippen molar-refractivity contribution in [2.45, 2.75) is 38.4 Å². The Morgan fingerprint density at radius 2 is 1.67 bits per heavy atom. The lowest BCUT2D eigenvalue weighted by molar-refractivity contribution is -0.111. The van der Waals surface area contributed by atoms with Gasteiger partial charge >= 0.3 is 0 Å². The topological polar surface area (TPSA) is 142 Å². The van der Waals surface area contributed by atoms with E-state index in [1.165, 1.54) is 39.0 Å². The first kappa shape index (κ1) is 26.8. The van der Waals surface area contributed by atoms with E-state index in [1.807, 2.05) is 0 Å². The standard InChI is InChI=1S/C32H27NO8S/c1-11-7-14-19-22-18(13(9-34)8-16(37)21(22)28(38)30(14)40-3)20-15(10-35)32-27(33-5-6-42-32)26-24(20)23(19)25(17(11)12(2)36)31(41-4)29(26)39/h8,33-35,38H,5-7,9-10H2,1-4H3. The minimum atomic E-state index is -0.509. The van der Waals surface area contributed by atoms with Crippen LogP contribution in [0, 0.1) is 0 Å². The molecule has 0 radical (unpaired) electrons. The Morgan fingerprint density at radius 1 is 0.952 bits per heavy atom. The number of nitrogens with one attached hydrogen (secondary N) is 1. The lowest BCUT2D eigenvalue weighted by Crippen LogP contribution is -2.19. The summed E-state index contributed by atoms with van der Waals surface area (Å²) in [4.78, 5) is 42.1. The second-order valence-electron chi connectivity index (χ2n) is 10.8. The maximum atomic E-state index is 14.5. The number of carbonyl (C=O) groups excluding carboxylic acids is 1. The van der Waals surface area contributed by atoms with E-state index >= 15 is 0 Å². The molecule has 0 fully saturated rings. The van der Waals surface area contributed by atoms with Crippen LogP contribution >= 0.6 is 11.8 Å². The number of allylic oxidation sites excluding steroid dienone is 2. The predicted molar refractivity (Wildman–Crippen MR) is 164 cm³/mol. The zero-order valence-electron chi connectivity index (χ0n) is 23.4. The molecule has 9 nitrogen and oxygen atoms in total. The first-order chi connectivity index (χ1) is 20.2. The van der Waals surface area contributed by atoms with E-state index in [4.69, 9.17) is 9.47 Å². The largest absolute Gasteiger partial charge is 0.504 e. The Balaban J connectivity index is 2.03. The fourth-order valence-electron chi connectivity index (χ4n) is 7.32. The lowest BCUT2D eigenvalue weighted by Gasteiger charge is -2.28. The molecule has 0 saturated carbocycles. The number of carbonyl (C=O) groups is 1. The van der Waals surface area contributed by atoms with Crippen molar-refractivity contribution in [2.75, 3.05) is 31.8 Å². The number of benzene rings is 5. The van der Waals surface area contributed by atoms with E-state index in [-0.39, 0.29) is 41.4 Å². The molecular weight excluding hydrogens is 558 g/mol. The van der Waals surface area contributed by atoms with Gasteiger partial charge in [-0.05, 0) is 48.1 Å². The molecule has 5 aromatic rings. The number of methoxy groups -OCH3 is 2. The van der Waals surface area contributed by atoms with Crippen LogP contribution in [0.2, 0.25) is 0 Å². The van der Waals surface area contributed by atoms with Gasteiger partial charge in [-0.3, -0.25) is 14.4 Å². The number of aliphatic hydroxyl groups is 2. The van der Waals surface area contributed by atoms with Crippen molar-refractivity contribution < 1.29 is 29.6 Å². The number of phenolic OH excluding ortho intramolecular Hbond substituents is 1. The number of phenols is 1. The molecule has 4 N–H and O–H groups in total. The molecule has 0 spiro atoms. The highest BCUT2D eigenvalue weighted by Crippen LogP contribution is 2.56. The molecule has 2 aliphatic rings. The van der Waals surface area contributed by atoms with Gasteiger partial charge in [-0.1, -0.05) is 5.57 Å². The minimum absolute atomic E-state index is 0.00136. The summed E-state index contributed by atoms with van der Waals surface area (Å²) in [6.07, 6.45) is 0.183. The molecule has 214 valence electrons. The zero-order chi connectivity index (χ0) is 29.8. The number of anilines is 1. The number of thioether (sulfide) groups is 1. The van der Waals surface area contributed by atoms with Crippen LogP contribution in [0.4, 0.5) is 5.69 Å². The highest BCUT2D eigenvalue weighted by Gasteiger charge is 2.36. The fourth-order valence-corrected chi connectivity index (χ4v) is 8.39. The number of ether oxygens (including phenoxy) is 2. The monoisotopic (exact) mass is 585 g/mol. The van der Waals surface area contributed by atoms with Crippen LogP contribution < -0.4 is 25.6 Å². The van der Waals surface area contributed by atoms with Gasteiger partial charge in [0, 0.05) is 55.6 Å². The van der Waals surface area contributed by atoms with Crippen LogP contribution in [0.3, 0.4) is 0 Å². The van der Waals surface area contributed by atoms with Crippen molar-refractivity contribution in [3.63, 3.8) is 0 Å². The van der Waals surface area contributed by atoms with Crippen LogP contribution in [-0.2, 0) is 24.4 Å². The van der Waals surface area contributed by atoms with Crippen molar-refractivity contribution in [3.8, 4) is 17.2 Å².